The van der Waals surface area contributed by atoms with Crippen LogP contribution in [-0.4, -0.2) is 33.8 Å². The second kappa shape index (κ2) is 5.81. The highest BCUT2D eigenvalue weighted by Crippen LogP contribution is 2.06. The SMILES string of the molecule is CCn1c(S(=O)(=O)CC)nn(CCCBr)c1=O. The van der Waals surface area contributed by atoms with Crippen LogP contribution in [0.4, 0.5) is 0 Å². The lowest BCUT2D eigenvalue weighted by Gasteiger charge is -2.00. The molecule has 0 saturated heterocycles. The number of hydrogen-bond acceptors (Lipinski definition) is 4. The molecule has 0 aliphatic carbocycles. The van der Waals surface area contributed by atoms with Crippen LogP contribution >= 0.6 is 15.9 Å². The summed E-state index contributed by atoms with van der Waals surface area (Å²) in [4.78, 5) is 11.9. The Labute approximate surface area is 109 Å². The Morgan fingerprint density at radius 2 is 2.00 bits per heavy atom. The van der Waals surface area contributed by atoms with Crippen molar-refractivity contribution < 1.29 is 8.42 Å². The first-order valence-electron chi connectivity index (χ1n) is 5.44. The van der Waals surface area contributed by atoms with Gasteiger partial charge in [-0.1, -0.05) is 22.9 Å². The van der Waals surface area contributed by atoms with Gasteiger partial charge in [0, 0.05) is 18.4 Å². The predicted octanol–water partition coefficient (Wildman–Crippen LogP) is 0.643. The number of alkyl halides is 1. The van der Waals surface area contributed by atoms with Gasteiger partial charge in [-0.15, -0.1) is 5.10 Å². The summed E-state index contributed by atoms with van der Waals surface area (Å²) in [5.74, 6) is -0.0537. The topological polar surface area (TPSA) is 74.0 Å². The van der Waals surface area contributed by atoms with Gasteiger partial charge in [0.25, 0.3) is 0 Å². The molecule has 0 amide bonds. The highest BCUT2D eigenvalue weighted by atomic mass is 79.9. The minimum atomic E-state index is -3.45. The Balaban J connectivity index is 3.28. The average molecular weight is 326 g/mol. The standard InChI is InChI=1S/C9H16BrN3O3S/c1-3-12-8(17(15,16)4-2)11-13(9(12)14)7-5-6-10/h3-7H2,1-2H3. The molecule has 1 heterocycles. The third kappa shape index (κ3) is 2.98. The number of nitrogens with zero attached hydrogens (tertiary/aromatic N) is 3. The maximum absolute atomic E-state index is 11.9. The van der Waals surface area contributed by atoms with Crippen LogP contribution in [0.2, 0.25) is 0 Å². The van der Waals surface area contributed by atoms with Crippen molar-refractivity contribution in [1.82, 2.24) is 14.3 Å². The summed E-state index contributed by atoms with van der Waals surface area (Å²) in [5.41, 5.74) is -0.361. The van der Waals surface area contributed by atoms with E-state index in [1.165, 1.54) is 16.2 Å². The first-order chi connectivity index (χ1) is 7.97. The summed E-state index contributed by atoms with van der Waals surface area (Å²) in [7, 11) is -3.45. The fourth-order valence-corrected chi connectivity index (χ4v) is 2.68. The van der Waals surface area contributed by atoms with Gasteiger partial charge in [0.1, 0.15) is 0 Å². The molecule has 0 aliphatic rings. The second-order valence-electron chi connectivity index (χ2n) is 3.48. The van der Waals surface area contributed by atoms with E-state index in [4.69, 9.17) is 0 Å². The Morgan fingerprint density at radius 3 is 2.47 bits per heavy atom. The lowest BCUT2D eigenvalue weighted by Crippen LogP contribution is -2.25. The van der Waals surface area contributed by atoms with E-state index < -0.39 is 9.84 Å². The minimum absolute atomic E-state index is 0.0537. The zero-order valence-electron chi connectivity index (χ0n) is 9.89. The minimum Gasteiger partial charge on any atom is -0.266 e. The molecule has 0 unspecified atom stereocenters. The van der Waals surface area contributed by atoms with E-state index in [2.05, 4.69) is 21.0 Å². The molecule has 6 nitrogen and oxygen atoms in total. The highest BCUT2D eigenvalue weighted by molar-refractivity contribution is 9.09. The zero-order chi connectivity index (χ0) is 13.1. The van der Waals surface area contributed by atoms with Crippen LogP contribution < -0.4 is 5.69 Å². The van der Waals surface area contributed by atoms with Gasteiger partial charge in [0.2, 0.25) is 15.0 Å². The summed E-state index contributed by atoms with van der Waals surface area (Å²) in [6, 6.07) is 0. The molecule has 0 atom stereocenters. The number of rotatable bonds is 6. The molecule has 0 fully saturated rings. The number of aryl methyl sites for hydroxylation is 1. The van der Waals surface area contributed by atoms with Crippen molar-refractivity contribution in [3.05, 3.63) is 10.5 Å². The molecule has 0 aromatic carbocycles. The molecule has 1 aromatic rings. The molecule has 1 aromatic heterocycles. The summed E-state index contributed by atoms with van der Waals surface area (Å²) >= 11 is 3.26. The zero-order valence-corrected chi connectivity index (χ0v) is 12.3. The number of halogens is 1. The van der Waals surface area contributed by atoms with Crippen molar-refractivity contribution in [2.24, 2.45) is 0 Å². The van der Waals surface area contributed by atoms with Gasteiger partial charge in [-0.2, -0.15) is 0 Å². The fourth-order valence-electron chi connectivity index (χ4n) is 1.41. The summed E-state index contributed by atoms with van der Waals surface area (Å²) < 4.78 is 26.0. The lowest BCUT2D eigenvalue weighted by atomic mass is 10.5. The van der Waals surface area contributed by atoms with E-state index in [0.717, 1.165) is 11.8 Å². The van der Waals surface area contributed by atoms with Crippen LogP contribution in [0.25, 0.3) is 0 Å². The highest BCUT2D eigenvalue weighted by Gasteiger charge is 2.22. The summed E-state index contributed by atoms with van der Waals surface area (Å²) in [6.45, 7) is 3.99. The van der Waals surface area contributed by atoms with Gasteiger partial charge in [0.15, 0.2) is 0 Å². The number of sulfone groups is 1. The van der Waals surface area contributed by atoms with Crippen LogP contribution in [0, 0.1) is 0 Å². The first-order valence-corrected chi connectivity index (χ1v) is 8.21. The summed E-state index contributed by atoms with van der Waals surface area (Å²) in [6.07, 6.45) is 0.728. The van der Waals surface area contributed by atoms with E-state index in [9.17, 15) is 13.2 Å². The Morgan fingerprint density at radius 1 is 1.35 bits per heavy atom. The predicted molar refractivity (Wildman–Crippen MR) is 68.3 cm³/mol. The van der Waals surface area contributed by atoms with Crippen LogP contribution in [0.3, 0.4) is 0 Å². The smallest absolute Gasteiger partial charge is 0.266 e. The van der Waals surface area contributed by atoms with Crippen LogP contribution in [0.1, 0.15) is 20.3 Å². The Kier molecular flexibility index (Phi) is 4.93. The van der Waals surface area contributed by atoms with Gasteiger partial charge in [0.05, 0.1) is 5.75 Å². The molecular formula is C9H16BrN3O3S. The molecule has 0 aliphatic heterocycles. The maximum Gasteiger partial charge on any atom is 0.346 e. The monoisotopic (exact) mass is 325 g/mol. The number of aromatic nitrogens is 3. The molecular weight excluding hydrogens is 310 g/mol. The third-order valence-corrected chi connectivity index (χ3v) is 4.55. The number of hydrogen-bond donors (Lipinski definition) is 0. The summed E-state index contributed by atoms with van der Waals surface area (Å²) in [5, 5.41) is 4.54. The van der Waals surface area contributed by atoms with E-state index in [1.807, 2.05) is 0 Å². The van der Waals surface area contributed by atoms with Crippen molar-refractivity contribution in [2.45, 2.75) is 38.5 Å². The molecule has 1 rings (SSSR count). The van der Waals surface area contributed by atoms with E-state index in [1.54, 1.807) is 6.92 Å². The Bertz CT molecular complexity index is 532. The van der Waals surface area contributed by atoms with Gasteiger partial charge in [-0.05, 0) is 13.3 Å². The van der Waals surface area contributed by atoms with Gasteiger partial charge >= 0.3 is 5.69 Å². The Hall–Kier alpha value is -0.630. The van der Waals surface area contributed by atoms with Crippen LogP contribution in [0.15, 0.2) is 9.95 Å². The third-order valence-electron chi connectivity index (χ3n) is 2.37. The van der Waals surface area contributed by atoms with Crippen molar-refractivity contribution in [3.63, 3.8) is 0 Å². The molecule has 98 valence electrons. The van der Waals surface area contributed by atoms with Crippen molar-refractivity contribution in [3.8, 4) is 0 Å². The quantitative estimate of drug-likeness (QED) is 0.719. The van der Waals surface area contributed by atoms with Gasteiger partial charge in [-0.3, -0.25) is 4.57 Å². The first kappa shape index (κ1) is 14.4. The van der Waals surface area contributed by atoms with Crippen molar-refractivity contribution in [2.75, 3.05) is 11.1 Å². The molecule has 0 saturated carbocycles. The molecule has 17 heavy (non-hydrogen) atoms. The second-order valence-corrected chi connectivity index (χ2v) is 6.44. The largest absolute Gasteiger partial charge is 0.346 e. The maximum atomic E-state index is 11.9. The lowest BCUT2D eigenvalue weighted by molar-refractivity contribution is 0.559. The van der Waals surface area contributed by atoms with Crippen molar-refractivity contribution >= 4 is 25.8 Å². The average Bonchev–Trinajstić information content (AvgIpc) is 2.64. The van der Waals surface area contributed by atoms with Crippen LogP contribution in [0.5, 0.6) is 0 Å². The fraction of sp³-hybridized carbons (Fsp3) is 0.778. The molecule has 0 N–H and O–H groups in total. The molecule has 0 radical (unpaired) electrons. The normalized spacial score (nSPS) is 11.9. The van der Waals surface area contributed by atoms with Gasteiger partial charge in [-0.25, -0.2) is 17.9 Å². The van der Waals surface area contributed by atoms with E-state index in [-0.39, 0.29) is 16.6 Å². The van der Waals surface area contributed by atoms with Crippen molar-refractivity contribution in [1.29, 1.82) is 0 Å². The van der Waals surface area contributed by atoms with E-state index >= 15 is 0 Å². The van der Waals surface area contributed by atoms with E-state index in [0.29, 0.717) is 13.1 Å². The molecule has 0 bridgehead atoms. The van der Waals surface area contributed by atoms with Crippen LogP contribution in [-0.2, 0) is 22.9 Å². The molecule has 8 heteroatoms. The van der Waals surface area contributed by atoms with Gasteiger partial charge < -0.3 is 0 Å². The molecule has 0 spiro atoms.